The molecule has 148 valence electrons. The van der Waals surface area contributed by atoms with Crippen molar-refractivity contribution >= 4 is 23.2 Å². The second-order valence-electron chi connectivity index (χ2n) is 6.71. The molecular formula is C22H26N2O4. The summed E-state index contributed by atoms with van der Waals surface area (Å²) >= 11 is 0. The van der Waals surface area contributed by atoms with E-state index in [1.165, 1.54) is 0 Å². The average molecular weight is 382 g/mol. The maximum Gasteiger partial charge on any atom is 0.255 e. The Kier molecular flexibility index (Phi) is 6.53. The topological polar surface area (TPSA) is 67.9 Å². The minimum Gasteiger partial charge on any atom is -0.497 e. The van der Waals surface area contributed by atoms with Crippen LogP contribution in [0.15, 0.2) is 42.5 Å². The van der Waals surface area contributed by atoms with Gasteiger partial charge in [0.25, 0.3) is 5.91 Å². The molecule has 0 aliphatic carbocycles. The molecule has 0 spiro atoms. The smallest absolute Gasteiger partial charge is 0.255 e. The molecule has 1 fully saturated rings. The van der Waals surface area contributed by atoms with Crippen molar-refractivity contribution in [2.24, 2.45) is 0 Å². The lowest BCUT2D eigenvalue weighted by Gasteiger charge is -2.16. The number of anilines is 2. The average Bonchev–Trinajstić information content (AvgIpc) is 3.15. The molecule has 0 atom stereocenters. The molecule has 1 N–H and O–H groups in total. The van der Waals surface area contributed by atoms with Crippen LogP contribution in [0.5, 0.6) is 11.5 Å². The quantitative estimate of drug-likeness (QED) is 0.693. The highest BCUT2D eigenvalue weighted by atomic mass is 16.5. The first-order valence-corrected chi connectivity index (χ1v) is 9.65. The van der Waals surface area contributed by atoms with Gasteiger partial charge in [0, 0.05) is 30.3 Å². The lowest BCUT2D eigenvalue weighted by Crippen LogP contribution is -2.23. The van der Waals surface area contributed by atoms with E-state index >= 15 is 0 Å². The molecule has 0 unspecified atom stereocenters. The van der Waals surface area contributed by atoms with Gasteiger partial charge < -0.3 is 19.7 Å². The van der Waals surface area contributed by atoms with Gasteiger partial charge in [0.2, 0.25) is 5.91 Å². The van der Waals surface area contributed by atoms with E-state index in [2.05, 4.69) is 12.2 Å². The van der Waals surface area contributed by atoms with Crippen LogP contribution in [-0.4, -0.2) is 32.1 Å². The summed E-state index contributed by atoms with van der Waals surface area (Å²) in [4.78, 5) is 26.3. The molecule has 6 nitrogen and oxygen atoms in total. The minimum atomic E-state index is -0.243. The number of unbranched alkanes of at least 4 members (excludes halogenated alkanes) is 1. The second-order valence-corrected chi connectivity index (χ2v) is 6.71. The van der Waals surface area contributed by atoms with Crippen LogP contribution >= 0.6 is 0 Å². The third-order valence-corrected chi connectivity index (χ3v) is 4.70. The molecule has 1 aliphatic heterocycles. The highest BCUT2D eigenvalue weighted by molar-refractivity contribution is 6.05. The van der Waals surface area contributed by atoms with E-state index in [9.17, 15) is 9.59 Å². The van der Waals surface area contributed by atoms with Crippen LogP contribution in [0.1, 0.15) is 43.0 Å². The van der Waals surface area contributed by atoms with Crippen LogP contribution < -0.4 is 19.7 Å². The number of ether oxygens (including phenoxy) is 2. The monoisotopic (exact) mass is 382 g/mol. The van der Waals surface area contributed by atoms with Crippen molar-refractivity contribution in [1.29, 1.82) is 0 Å². The molecule has 1 saturated heterocycles. The molecule has 1 aliphatic rings. The summed E-state index contributed by atoms with van der Waals surface area (Å²) in [6.07, 6.45) is 3.43. The molecule has 2 aromatic rings. The Morgan fingerprint density at radius 2 is 1.96 bits per heavy atom. The molecule has 28 heavy (non-hydrogen) atoms. The maximum atomic E-state index is 12.7. The normalized spacial score (nSPS) is 13.5. The highest BCUT2D eigenvalue weighted by Crippen LogP contribution is 2.30. The van der Waals surface area contributed by atoms with Crippen LogP contribution in [-0.2, 0) is 4.79 Å². The Morgan fingerprint density at radius 3 is 2.61 bits per heavy atom. The van der Waals surface area contributed by atoms with Crippen molar-refractivity contribution < 1.29 is 19.1 Å². The zero-order valence-corrected chi connectivity index (χ0v) is 16.4. The van der Waals surface area contributed by atoms with Gasteiger partial charge in [0.05, 0.1) is 19.4 Å². The Balaban J connectivity index is 1.73. The van der Waals surface area contributed by atoms with Gasteiger partial charge in [-0.15, -0.1) is 0 Å². The van der Waals surface area contributed by atoms with Crippen molar-refractivity contribution in [3.05, 3.63) is 48.0 Å². The van der Waals surface area contributed by atoms with E-state index in [4.69, 9.17) is 9.47 Å². The maximum absolute atomic E-state index is 12.7. The van der Waals surface area contributed by atoms with Gasteiger partial charge >= 0.3 is 0 Å². The number of hydrogen-bond acceptors (Lipinski definition) is 4. The Bertz CT molecular complexity index is 833. The van der Waals surface area contributed by atoms with Gasteiger partial charge in [-0.05, 0) is 49.2 Å². The predicted octanol–water partition coefficient (Wildman–Crippen LogP) is 4.25. The summed E-state index contributed by atoms with van der Waals surface area (Å²) in [5, 5.41) is 2.90. The van der Waals surface area contributed by atoms with Crippen molar-refractivity contribution in [2.45, 2.75) is 32.6 Å². The molecule has 3 rings (SSSR count). The number of benzene rings is 2. The molecule has 0 radical (unpaired) electrons. The van der Waals surface area contributed by atoms with E-state index in [0.29, 0.717) is 35.8 Å². The summed E-state index contributed by atoms with van der Waals surface area (Å²) in [6, 6.07) is 12.4. The molecule has 0 bridgehead atoms. The standard InChI is InChI=1S/C22H26N2O4/c1-3-4-14-28-20-12-11-18(27-2)15-19(20)23-22(26)16-7-9-17(10-8-16)24-13-5-6-21(24)25/h7-12,15H,3-6,13-14H2,1-2H3,(H,23,26). The van der Waals surface area contributed by atoms with E-state index in [0.717, 1.165) is 31.5 Å². The van der Waals surface area contributed by atoms with Crippen molar-refractivity contribution in [1.82, 2.24) is 0 Å². The summed E-state index contributed by atoms with van der Waals surface area (Å²) in [5.41, 5.74) is 1.90. The van der Waals surface area contributed by atoms with Crippen LogP contribution in [0.3, 0.4) is 0 Å². The first-order chi connectivity index (χ1) is 13.6. The number of carbonyl (C=O) groups excluding carboxylic acids is 2. The van der Waals surface area contributed by atoms with Crippen LogP contribution in [0.4, 0.5) is 11.4 Å². The lowest BCUT2D eigenvalue weighted by molar-refractivity contribution is -0.117. The van der Waals surface area contributed by atoms with Gasteiger partial charge in [0.1, 0.15) is 11.5 Å². The number of hydrogen-bond donors (Lipinski definition) is 1. The van der Waals surface area contributed by atoms with Gasteiger partial charge in [-0.2, -0.15) is 0 Å². The number of rotatable bonds is 8. The zero-order valence-electron chi connectivity index (χ0n) is 16.4. The SMILES string of the molecule is CCCCOc1ccc(OC)cc1NC(=O)c1ccc(N2CCCC2=O)cc1. The van der Waals surface area contributed by atoms with E-state index in [1.54, 1.807) is 42.3 Å². The molecule has 6 heteroatoms. The zero-order chi connectivity index (χ0) is 19.9. The third-order valence-electron chi connectivity index (χ3n) is 4.70. The Labute approximate surface area is 165 Å². The fourth-order valence-electron chi connectivity index (χ4n) is 3.09. The Morgan fingerprint density at radius 1 is 1.18 bits per heavy atom. The summed E-state index contributed by atoms with van der Waals surface area (Å²) in [7, 11) is 1.58. The van der Waals surface area contributed by atoms with Crippen molar-refractivity contribution in [3.8, 4) is 11.5 Å². The van der Waals surface area contributed by atoms with Crippen LogP contribution in [0.2, 0.25) is 0 Å². The van der Waals surface area contributed by atoms with E-state index in [1.807, 2.05) is 12.1 Å². The van der Waals surface area contributed by atoms with Crippen LogP contribution in [0.25, 0.3) is 0 Å². The molecular weight excluding hydrogens is 356 g/mol. The first kappa shape index (κ1) is 19.7. The lowest BCUT2D eigenvalue weighted by atomic mass is 10.1. The van der Waals surface area contributed by atoms with Gasteiger partial charge in [-0.25, -0.2) is 0 Å². The van der Waals surface area contributed by atoms with Gasteiger partial charge in [-0.3, -0.25) is 9.59 Å². The number of carbonyl (C=O) groups is 2. The second kappa shape index (κ2) is 9.26. The fraction of sp³-hybridized carbons (Fsp3) is 0.364. The first-order valence-electron chi connectivity index (χ1n) is 9.65. The molecule has 1 heterocycles. The predicted molar refractivity (Wildman–Crippen MR) is 109 cm³/mol. The van der Waals surface area contributed by atoms with Gasteiger partial charge in [-0.1, -0.05) is 13.3 Å². The van der Waals surface area contributed by atoms with Crippen molar-refractivity contribution in [2.75, 3.05) is 30.5 Å². The van der Waals surface area contributed by atoms with Crippen LogP contribution in [0, 0.1) is 0 Å². The number of amides is 2. The number of nitrogens with zero attached hydrogens (tertiary/aromatic N) is 1. The largest absolute Gasteiger partial charge is 0.497 e. The molecule has 2 amide bonds. The number of methoxy groups -OCH3 is 1. The number of nitrogens with one attached hydrogen (secondary N) is 1. The Hall–Kier alpha value is -3.02. The van der Waals surface area contributed by atoms with Gasteiger partial charge in [0.15, 0.2) is 0 Å². The summed E-state index contributed by atoms with van der Waals surface area (Å²) < 4.78 is 11.1. The highest BCUT2D eigenvalue weighted by Gasteiger charge is 2.21. The van der Waals surface area contributed by atoms with E-state index in [-0.39, 0.29) is 11.8 Å². The summed E-state index contributed by atoms with van der Waals surface area (Å²) in [6.45, 7) is 3.41. The summed E-state index contributed by atoms with van der Waals surface area (Å²) in [5.74, 6) is 1.14. The third kappa shape index (κ3) is 4.63. The molecule has 2 aromatic carbocycles. The fourth-order valence-corrected chi connectivity index (χ4v) is 3.09. The minimum absolute atomic E-state index is 0.127. The molecule has 0 aromatic heterocycles. The van der Waals surface area contributed by atoms with Crippen molar-refractivity contribution in [3.63, 3.8) is 0 Å². The molecule has 0 saturated carbocycles. The van der Waals surface area contributed by atoms with E-state index < -0.39 is 0 Å².